The van der Waals surface area contributed by atoms with Crippen LogP contribution in [0.2, 0.25) is 0 Å². The second-order valence-corrected chi connectivity index (χ2v) is 4.00. The molecule has 0 saturated carbocycles. The highest BCUT2D eigenvalue weighted by atomic mass is 16.2. The second kappa shape index (κ2) is 4.45. The van der Waals surface area contributed by atoms with Gasteiger partial charge >= 0.3 is 0 Å². The zero-order valence-corrected chi connectivity index (χ0v) is 8.86. The van der Waals surface area contributed by atoms with Crippen LogP contribution in [0.1, 0.15) is 18.5 Å². The summed E-state index contributed by atoms with van der Waals surface area (Å²) in [6.07, 6.45) is 0. The van der Waals surface area contributed by atoms with Crippen molar-refractivity contribution in [3.63, 3.8) is 0 Å². The maximum atomic E-state index is 11.7. The third-order valence-electron chi connectivity index (χ3n) is 2.81. The largest absolute Gasteiger partial charge is 0.349 e. The Morgan fingerprint density at radius 3 is 2.60 bits per heavy atom. The molecule has 15 heavy (non-hydrogen) atoms. The van der Waals surface area contributed by atoms with E-state index in [0.717, 1.165) is 18.7 Å². The Bertz CT molecular complexity index is 333. The van der Waals surface area contributed by atoms with E-state index < -0.39 is 0 Å². The van der Waals surface area contributed by atoms with E-state index in [4.69, 9.17) is 0 Å². The molecule has 0 unspecified atom stereocenters. The minimum atomic E-state index is 0.0966. The van der Waals surface area contributed by atoms with E-state index in [1.165, 1.54) is 0 Å². The van der Waals surface area contributed by atoms with Crippen LogP contribution in [0.3, 0.4) is 0 Å². The minimum absolute atomic E-state index is 0.0966. The second-order valence-electron chi connectivity index (χ2n) is 4.00. The SMILES string of the molecule is C[C@@H](NC(=O)C1CNC1)c1ccccc1. The molecule has 2 rings (SSSR count). The summed E-state index contributed by atoms with van der Waals surface area (Å²) in [6.45, 7) is 3.64. The Labute approximate surface area is 89.9 Å². The summed E-state index contributed by atoms with van der Waals surface area (Å²) in [6, 6.07) is 10.1. The first-order chi connectivity index (χ1) is 7.27. The summed E-state index contributed by atoms with van der Waals surface area (Å²) in [7, 11) is 0. The quantitative estimate of drug-likeness (QED) is 0.773. The molecule has 0 radical (unpaired) electrons. The molecule has 1 amide bonds. The molecule has 3 nitrogen and oxygen atoms in total. The first-order valence-electron chi connectivity index (χ1n) is 5.33. The summed E-state index contributed by atoms with van der Waals surface area (Å²) in [5.74, 6) is 0.321. The molecule has 1 aromatic carbocycles. The van der Waals surface area contributed by atoms with Crippen LogP contribution >= 0.6 is 0 Å². The third-order valence-corrected chi connectivity index (χ3v) is 2.81. The van der Waals surface area contributed by atoms with E-state index in [9.17, 15) is 4.79 Å². The Morgan fingerprint density at radius 2 is 2.07 bits per heavy atom. The summed E-state index contributed by atoms with van der Waals surface area (Å²) < 4.78 is 0. The van der Waals surface area contributed by atoms with E-state index in [0.29, 0.717) is 0 Å². The summed E-state index contributed by atoms with van der Waals surface area (Å²) in [5.41, 5.74) is 1.15. The topological polar surface area (TPSA) is 41.1 Å². The molecule has 0 bridgehead atoms. The van der Waals surface area contributed by atoms with Crippen LogP contribution in [-0.4, -0.2) is 19.0 Å². The number of amides is 1. The van der Waals surface area contributed by atoms with Crippen LogP contribution in [0, 0.1) is 5.92 Å². The van der Waals surface area contributed by atoms with Crippen LogP contribution in [0.5, 0.6) is 0 Å². The van der Waals surface area contributed by atoms with Gasteiger partial charge in [0.05, 0.1) is 12.0 Å². The van der Waals surface area contributed by atoms with Crippen molar-refractivity contribution in [2.45, 2.75) is 13.0 Å². The number of hydrogen-bond donors (Lipinski definition) is 2. The van der Waals surface area contributed by atoms with Gasteiger partial charge in [0.15, 0.2) is 0 Å². The fourth-order valence-corrected chi connectivity index (χ4v) is 1.63. The maximum Gasteiger partial charge on any atom is 0.226 e. The summed E-state index contributed by atoms with van der Waals surface area (Å²) in [4.78, 5) is 11.7. The molecule has 0 spiro atoms. The predicted molar refractivity (Wildman–Crippen MR) is 59.4 cm³/mol. The average molecular weight is 204 g/mol. The van der Waals surface area contributed by atoms with Gasteiger partial charge in [0.2, 0.25) is 5.91 Å². The van der Waals surface area contributed by atoms with E-state index in [1.807, 2.05) is 37.3 Å². The van der Waals surface area contributed by atoms with Gasteiger partial charge in [-0.2, -0.15) is 0 Å². The first kappa shape index (κ1) is 10.2. The molecular formula is C12H16N2O. The zero-order chi connectivity index (χ0) is 10.7. The Morgan fingerprint density at radius 1 is 1.40 bits per heavy atom. The summed E-state index contributed by atoms with van der Waals surface area (Å²) >= 11 is 0. The number of hydrogen-bond acceptors (Lipinski definition) is 2. The van der Waals surface area contributed by atoms with Gasteiger partial charge in [0, 0.05) is 13.1 Å². The molecular weight excluding hydrogens is 188 g/mol. The molecule has 0 aliphatic carbocycles. The van der Waals surface area contributed by atoms with Crippen LogP contribution in [0.15, 0.2) is 30.3 Å². The highest BCUT2D eigenvalue weighted by Crippen LogP contribution is 2.13. The predicted octanol–water partition coefficient (Wildman–Crippen LogP) is 1.08. The Kier molecular flexibility index (Phi) is 3.02. The summed E-state index contributed by atoms with van der Waals surface area (Å²) in [5, 5.41) is 6.11. The smallest absolute Gasteiger partial charge is 0.226 e. The minimum Gasteiger partial charge on any atom is -0.349 e. The molecule has 1 heterocycles. The highest BCUT2D eigenvalue weighted by Gasteiger charge is 2.25. The monoisotopic (exact) mass is 204 g/mol. The van der Waals surface area contributed by atoms with Crippen LogP contribution in [0.25, 0.3) is 0 Å². The van der Waals surface area contributed by atoms with Gasteiger partial charge < -0.3 is 10.6 Å². The number of carbonyl (C=O) groups excluding carboxylic acids is 1. The molecule has 1 fully saturated rings. The third kappa shape index (κ3) is 2.36. The average Bonchev–Trinajstić information content (AvgIpc) is 2.16. The lowest BCUT2D eigenvalue weighted by atomic mass is 10.0. The lowest BCUT2D eigenvalue weighted by Gasteiger charge is -2.27. The standard InChI is InChI=1S/C12H16N2O/c1-9(10-5-3-2-4-6-10)14-12(15)11-7-13-8-11/h2-6,9,11,13H,7-8H2,1H3,(H,14,15)/t9-/m1/s1. The molecule has 0 aromatic heterocycles. The van der Waals surface area contributed by atoms with E-state index in [-0.39, 0.29) is 17.9 Å². The van der Waals surface area contributed by atoms with Gasteiger partial charge in [-0.25, -0.2) is 0 Å². The van der Waals surface area contributed by atoms with Crippen LogP contribution in [-0.2, 0) is 4.79 Å². The van der Waals surface area contributed by atoms with Crippen molar-refractivity contribution in [2.24, 2.45) is 5.92 Å². The van der Waals surface area contributed by atoms with E-state index in [2.05, 4.69) is 10.6 Å². The van der Waals surface area contributed by atoms with Crippen molar-refractivity contribution < 1.29 is 4.79 Å². The number of rotatable bonds is 3. The zero-order valence-electron chi connectivity index (χ0n) is 8.86. The van der Waals surface area contributed by atoms with Gasteiger partial charge in [0.1, 0.15) is 0 Å². The molecule has 1 aromatic rings. The molecule has 2 N–H and O–H groups in total. The molecule has 1 aliphatic rings. The highest BCUT2D eigenvalue weighted by molar-refractivity contribution is 5.80. The van der Waals surface area contributed by atoms with E-state index >= 15 is 0 Å². The fourth-order valence-electron chi connectivity index (χ4n) is 1.63. The lowest BCUT2D eigenvalue weighted by molar-refractivity contribution is -0.127. The Balaban J connectivity index is 1.91. The van der Waals surface area contributed by atoms with Crippen molar-refractivity contribution in [3.8, 4) is 0 Å². The maximum absolute atomic E-state index is 11.7. The van der Waals surface area contributed by atoms with Crippen LogP contribution < -0.4 is 10.6 Å². The normalized spacial score (nSPS) is 17.9. The Hall–Kier alpha value is -1.35. The molecule has 3 heteroatoms. The van der Waals surface area contributed by atoms with Crippen molar-refractivity contribution >= 4 is 5.91 Å². The van der Waals surface area contributed by atoms with Gasteiger partial charge in [0.25, 0.3) is 0 Å². The number of nitrogens with one attached hydrogen (secondary N) is 2. The molecule has 1 atom stereocenters. The van der Waals surface area contributed by atoms with Crippen molar-refractivity contribution in [3.05, 3.63) is 35.9 Å². The van der Waals surface area contributed by atoms with Crippen molar-refractivity contribution in [1.29, 1.82) is 0 Å². The lowest BCUT2D eigenvalue weighted by Crippen LogP contribution is -2.51. The molecule has 80 valence electrons. The van der Waals surface area contributed by atoms with Gasteiger partial charge in [-0.3, -0.25) is 4.79 Å². The van der Waals surface area contributed by atoms with Crippen molar-refractivity contribution in [2.75, 3.05) is 13.1 Å². The fraction of sp³-hybridized carbons (Fsp3) is 0.417. The van der Waals surface area contributed by atoms with Gasteiger partial charge in [-0.05, 0) is 12.5 Å². The first-order valence-corrected chi connectivity index (χ1v) is 5.33. The van der Waals surface area contributed by atoms with Crippen molar-refractivity contribution in [1.82, 2.24) is 10.6 Å². The number of carbonyl (C=O) groups is 1. The molecule has 1 saturated heterocycles. The number of benzene rings is 1. The van der Waals surface area contributed by atoms with Gasteiger partial charge in [-0.1, -0.05) is 30.3 Å². The molecule has 1 aliphatic heterocycles. The van der Waals surface area contributed by atoms with E-state index in [1.54, 1.807) is 0 Å². The van der Waals surface area contributed by atoms with Crippen LogP contribution in [0.4, 0.5) is 0 Å². The van der Waals surface area contributed by atoms with Gasteiger partial charge in [-0.15, -0.1) is 0 Å².